The molecule has 0 aliphatic carbocycles. The van der Waals surface area contributed by atoms with Gasteiger partial charge < -0.3 is 4.57 Å². The van der Waals surface area contributed by atoms with Crippen LogP contribution in [0.1, 0.15) is 11.1 Å². The van der Waals surface area contributed by atoms with Crippen molar-refractivity contribution in [2.75, 3.05) is 0 Å². The van der Waals surface area contributed by atoms with Crippen molar-refractivity contribution >= 4 is 33.2 Å². The Morgan fingerprint density at radius 2 is 1.00 bits per heavy atom. The van der Waals surface area contributed by atoms with Crippen molar-refractivity contribution in [3.8, 4) is 40.1 Å². The molecule has 0 unspecified atom stereocenters. The SMILES string of the molecule is [C-]#[N+]c1cccc(C#N)c1-c1cccc2c1c1c(-c3c(C#N)cccc3[N+]#[C-])cccc1n2-c1ccccc1. The maximum absolute atomic E-state index is 10.0. The van der Waals surface area contributed by atoms with Crippen LogP contribution in [0.25, 0.3) is 59.4 Å². The molecule has 178 valence electrons. The molecule has 0 fully saturated rings. The molecule has 0 saturated carbocycles. The monoisotopic (exact) mass is 495 g/mol. The maximum Gasteiger partial charge on any atom is 0.196 e. The summed E-state index contributed by atoms with van der Waals surface area (Å²) in [5.74, 6) is 0. The van der Waals surface area contributed by atoms with Gasteiger partial charge in [0, 0.05) is 38.7 Å². The molecule has 0 atom stereocenters. The topological polar surface area (TPSA) is 61.2 Å². The molecule has 6 aromatic rings. The number of para-hydroxylation sites is 1. The van der Waals surface area contributed by atoms with E-state index in [0.29, 0.717) is 33.6 Å². The summed E-state index contributed by atoms with van der Waals surface area (Å²) in [6.07, 6.45) is 0. The summed E-state index contributed by atoms with van der Waals surface area (Å²) in [4.78, 5) is 7.50. The summed E-state index contributed by atoms with van der Waals surface area (Å²) in [6, 6.07) is 36.6. The molecule has 0 N–H and O–H groups in total. The zero-order valence-corrected chi connectivity index (χ0v) is 20.6. The Hall–Kier alpha value is -6.14. The number of nitrogens with zero attached hydrogens (tertiary/aromatic N) is 5. The molecule has 0 aliphatic rings. The predicted octanol–water partition coefficient (Wildman–Crippen LogP) is 8.96. The highest BCUT2D eigenvalue weighted by Gasteiger charge is 2.23. The van der Waals surface area contributed by atoms with Gasteiger partial charge in [0.15, 0.2) is 11.4 Å². The molecular formula is C34H17N5. The number of fused-ring (bicyclic) bond motifs is 3. The van der Waals surface area contributed by atoms with Crippen LogP contribution >= 0.6 is 0 Å². The third-order valence-corrected chi connectivity index (χ3v) is 6.94. The second kappa shape index (κ2) is 9.38. The summed E-state index contributed by atoms with van der Waals surface area (Å²) in [5, 5.41) is 21.7. The van der Waals surface area contributed by atoms with Crippen molar-refractivity contribution in [3.63, 3.8) is 0 Å². The number of benzene rings is 5. The average molecular weight is 496 g/mol. The summed E-state index contributed by atoms with van der Waals surface area (Å²) in [7, 11) is 0. The lowest BCUT2D eigenvalue weighted by Crippen LogP contribution is -1.93. The van der Waals surface area contributed by atoms with Crippen LogP contribution in [0.3, 0.4) is 0 Å². The molecule has 6 rings (SSSR count). The van der Waals surface area contributed by atoms with E-state index in [9.17, 15) is 10.5 Å². The average Bonchev–Trinajstić information content (AvgIpc) is 3.35. The van der Waals surface area contributed by atoms with Crippen LogP contribution in [0, 0.1) is 35.8 Å². The Balaban J connectivity index is 1.90. The molecule has 0 bridgehead atoms. The van der Waals surface area contributed by atoms with Crippen molar-refractivity contribution < 1.29 is 0 Å². The molecule has 0 aliphatic heterocycles. The van der Waals surface area contributed by atoms with E-state index in [-0.39, 0.29) is 0 Å². The normalized spacial score (nSPS) is 10.5. The van der Waals surface area contributed by atoms with Gasteiger partial charge in [0.05, 0.1) is 36.3 Å². The van der Waals surface area contributed by atoms with Gasteiger partial charge in [0.25, 0.3) is 0 Å². The van der Waals surface area contributed by atoms with Gasteiger partial charge in [-0.05, 0) is 47.5 Å². The van der Waals surface area contributed by atoms with E-state index in [0.717, 1.165) is 38.6 Å². The minimum Gasteiger partial charge on any atom is -0.309 e. The Bertz CT molecular complexity index is 1910. The van der Waals surface area contributed by atoms with Gasteiger partial charge in [-0.15, -0.1) is 0 Å². The van der Waals surface area contributed by atoms with Gasteiger partial charge in [-0.1, -0.05) is 66.7 Å². The molecule has 0 amide bonds. The molecular weight excluding hydrogens is 478 g/mol. The molecule has 39 heavy (non-hydrogen) atoms. The Labute approximate surface area is 225 Å². The number of hydrogen-bond donors (Lipinski definition) is 0. The van der Waals surface area contributed by atoms with Crippen LogP contribution < -0.4 is 0 Å². The van der Waals surface area contributed by atoms with Crippen LogP contribution in [0.2, 0.25) is 0 Å². The highest BCUT2D eigenvalue weighted by atomic mass is 15.0. The molecule has 0 spiro atoms. The third kappa shape index (κ3) is 3.52. The lowest BCUT2D eigenvalue weighted by Gasteiger charge is -2.12. The van der Waals surface area contributed by atoms with Crippen LogP contribution in [-0.4, -0.2) is 4.57 Å². The van der Waals surface area contributed by atoms with Gasteiger partial charge in [-0.3, -0.25) is 0 Å². The Kier molecular flexibility index (Phi) is 5.60. The molecule has 0 radical (unpaired) electrons. The number of aromatic nitrogens is 1. The van der Waals surface area contributed by atoms with Crippen molar-refractivity contribution in [1.82, 2.24) is 4.57 Å². The van der Waals surface area contributed by atoms with Gasteiger partial charge in [-0.25, -0.2) is 9.69 Å². The highest BCUT2D eigenvalue weighted by molar-refractivity contribution is 6.22. The van der Waals surface area contributed by atoms with Gasteiger partial charge in [0.1, 0.15) is 0 Å². The quantitative estimate of drug-likeness (QED) is 0.230. The first kappa shape index (κ1) is 23.3. The van der Waals surface area contributed by atoms with E-state index in [1.807, 2.05) is 66.7 Å². The van der Waals surface area contributed by atoms with Gasteiger partial charge in [-0.2, -0.15) is 10.5 Å². The Morgan fingerprint density at radius 1 is 0.538 bits per heavy atom. The highest BCUT2D eigenvalue weighted by Crippen LogP contribution is 2.47. The lowest BCUT2D eigenvalue weighted by molar-refractivity contribution is 1.18. The molecule has 5 nitrogen and oxygen atoms in total. The second-order valence-electron chi connectivity index (χ2n) is 8.92. The van der Waals surface area contributed by atoms with E-state index in [1.54, 1.807) is 36.4 Å². The van der Waals surface area contributed by atoms with Crippen molar-refractivity contribution in [2.45, 2.75) is 0 Å². The van der Waals surface area contributed by atoms with E-state index in [2.05, 4.69) is 26.4 Å². The van der Waals surface area contributed by atoms with E-state index >= 15 is 0 Å². The standard InChI is InChI=1S/C34H17N5/c1-37-27-16-6-10-22(20-35)31(27)25-14-8-18-29-33(25)34-26(32-23(21-36)11-7-17-28(32)38-2)15-9-19-30(34)39(29)24-12-4-3-5-13-24/h3-19H. The predicted molar refractivity (Wildman–Crippen MR) is 154 cm³/mol. The maximum atomic E-state index is 10.0. The molecule has 5 heteroatoms. The van der Waals surface area contributed by atoms with Gasteiger partial charge in [0.2, 0.25) is 0 Å². The van der Waals surface area contributed by atoms with E-state index < -0.39 is 0 Å². The van der Waals surface area contributed by atoms with Crippen LogP contribution in [-0.2, 0) is 0 Å². The molecule has 1 heterocycles. The van der Waals surface area contributed by atoms with Crippen LogP contribution in [0.4, 0.5) is 11.4 Å². The number of rotatable bonds is 3. The Morgan fingerprint density at radius 3 is 1.44 bits per heavy atom. The summed E-state index contributed by atoms with van der Waals surface area (Å²) in [5.41, 5.74) is 6.97. The smallest absolute Gasteiger partial charge is 0.196 e. The number of nitriles is 2. The van der Waals surface area contributed by atoms with E-state index in [4.69, 9.17) is 13.1 Å². The molecule has 1 aromatic heterocycles. The van der Waals surface area contributed by atoms with E-state index in [1.165, 1.54) is 0 Å². The molecule has 5 aromatic carbocycles. The summed E-state index contributed by atoms with van der Waals surface area (Å²) in [6.45, 7) is 15.7. The first-order valence-electron chi connectivity index (χ1n) is 12.1. The zero-order valence-electron chi connectivity index (χ0n) is 20.6. The third-order valence-electron chi connectivity index (χ3n) is 6.94. The minimum atomic E-state index is 0.388. The van der Waals surface area contributed by atoms with Crippen molar-refractivity contribution in [2.24, 2.45) is 0 Å². The fourth-order valence-corrected chi connectivity index (χ4v) is 5.40. The second-order valence-corrected chi connectivity index (χ2v) is 8.92. The fourth-order valence-electron chi connectivity index (χ4n) is 5.40. The lowest BCUT2D eigenvalue weighted by atomic mass is 9.90. The molecule has 0 saturated heterocycles. The summed E-state index contributed by atoms with van der Waals surface area (Å²) >= 11 is 0. The fraction of sp³-hybridized carbons (Fsp3) is 0. The minimum absolute atomic E-state index is 0.388. The first-order chi connectivity index (χ1) is 19.2. The first-order valence-corrected chi connectivity index (χ1v) is 12.1. The zero-order chi connectivity index (χ0) is 26.9. The summed E-state index contributed by atoms with van der Waals surface area (Å²) < 4.78 is 2.15. The van der Waals surface area contributed by atoms with Crippen LogP contribution in [0.15, 0.2) is 103 Å². The van der Waals surface area contributed by atoms with Gasteiger partial charge >= 0.3 is 0 Å². The van der Waals surface area contributed by atoms with Crippen molar-refractivity contribution in [3.05, 3.63) is 137 Å². The number of hydrogen-bond acceptors (Lipinski definition) is 2. The van der Waals surface area contributed by atoms with Crippen LogP contribution in [0.5, 0.6) is 0 Å². The largest absolute Gasteiger partial charge is 0.309 e. The van der Waals surface area contributed by atoms with Crippen molar-refractivity contribution in [1.29, 1.82) is 10.5 Å².